The Kier molecular flexibility index (Phi) is 4.57. The fraction of sp³-hybridized carbons (Fsp3) is 0.412. The van der Waals surface area contributed by atoms with Crippen LogP contribution in [0.1, 0.15) is 31.2 Å². The number of fused-ring (bicyclic) bond motifs is 1. The molecule has 2 heterocycles. The number of carbonyl (C=O) groups is 1. The zero-order valence-corrected chi connectivity index (χ0v) is 14.1. The molecule has 0 saturated carbocycles. The van der Waals surface area contributed by atoms with E-state index < -0.39 is 6.10 Å². The molecule has 122 valence electrons. The molecule has 1 amide bonds. The van der Waals surface area contributed by atoms with Crippen molar-refractivity contribution in [1.82, 2.24) is 9.55 Å². The predicted molar refractivity (Wildman–Crippen MR) is 90.1 cm³/mol. The van der Waals surface area contributed by atoms with Crippen molar-refractivity contribution in [3.63, 3.8) is 0 Å². The zero-order valence-electron chi connectivity index (χ0n) is 13.3. The Labute approximate surface area is 140 Å². The molecular weight excluding hydrogens is 314 g/mol. The molecule has 1 aromatic heterocycles. The van der Waals surface area contributed by atoms with Gasteiger partial charge in [-0.2, -0.15) is 0 Å². The number of halogens is 1. The summed E-state index contributed by atoms with van der Waals surface area (Å²) >= 11 is 5.93. The van der Waals surface area contributed by atoms with Gasteiger partial charge < -0.3 is 14.6 Å². The number of anilines is 1. The lowest BCUT2D eigenvalue weighted by atomic mass is 10.2. The summed E-state index contributed by atoms with van der Waals surface area (Å²) in [6.45, 7) is 4.53. The average Bonchev–Trinajstić information content (AvgIpc) is 2.93. The minimum Gasteiger partial charge on any atom is -0.481 e. The molecular formula is C17H20ClN3O2. The van der Waals surface area contributed by atoms with Gasteiger partial charge in [0, 0.05) is 18.0 Å². The van der Waals surface area contributed by atoms with Gasteiger partial charge in [-0.25, -0.2) is 4.98 Å². The van der Waals surface area contributed by atoms with E-state index in [-0.39, 0.29) is 5.91 Å². The second-order valence-corrected chi connectivity index (χ2v) is 6.26. The van der Waals surface area contributed by atoms with E-state index in [1.807, 2.05) is 13.0 Å². The lowest BCUT2D eigenvalue weighted by Gasteiger charge is -2.19. The molecule has 1 aliphatic heterocycles. The summed E-state index contributed by atoms with van der Waals surface area (Å²) in [4.78, 5) is 16.7. The van der Waals surface area contributed by atoms with Gasteiger partial charge in [0.2, 0.25) is 0 Å². The molecule has 1 aliphatic rings. The number of carbonyl (C=O) groups excluding carboxylic acids is 1. The Morgan fingerprint density at radius 3 is 3.04 bits per heavy atom. The first-order valence-corrected chi connectivity index (χ1v) is 8.20. The molecule has 0 radical (unpaired) electrons. The SMILES string of the molecule is Cc1cc(Cl)ccc1OC(C)C(=O)Nc1cnc2n1CCCC2. The smallest absolute Gasteiger partial charge is 0.266 e. The molecule has 1 aromatic carbocycles. The standard InChI is InChI=1S/C17H20ClN3O2/c1-11-9-13(18)6-7-14(11)23-12(2)17(22)20-16-10-19-15-5-3-4-8-21(15)16/h6-7,9-10,12H,3-5,8H2,1-2H3,(H,20,22). The fourth-order valence-electron chi connectivity index (χ4n) is 2.73. The van der Waals surface area contributed by atoms with Crippen molar-refractivity contribution in [1.29, 1.82) is 0 Å². The summed E-state index contributed by atoms with van der Waals surface area (Å²) in [5.74, 6) is 2.25. The number of nitrogens with zero attached hydrogens (tertiary/aromatic N) is 2. The highest BCUT2D eigenvalue weighted by molar-refractivity contribution is 6.30. The second kappa shape index (κ2) is 6.62. The lowest BCUT2D eigenvalue weighted by Crippen LogP contribution is -2.31. The maximum atomic E-state index is 12.4. The van der Waals surface area contributed by atoms with E-state index in [0.29, 0.717) is 10.8 Å². The van der Waals surface area contributed by atoms with Crippen LogP contribution in [0, 0.1) is 6.92 Å². The number of ether oxygens (including phenoxy) is 1. The molecule has 23 heavy (non-hydrogen) atoms. The highest BCUT2D eigenvalue weighted by Gasteiger charge is 2.20. The maximum absolute atomic E-state index is 12.4. The second-order valence-electron chi connectivity index (χ2n) is 5.83. The zero-order chi connectivity index (χ0) is 16.4. The minimum atomic E-state index is -0.607. The molecule has 0 spiro atoms. The Morgan fingerprint density at radius 1 is 1.43 bits per heavy atom. The molecule has 0 aliphatic carbocycles. The predicted octanol–water partition coefficient (Wildman–Crippen LogP) is 3.59. The van der Waals surface area contributed by atoms with Crippen LogP contribution in [0.25, 0.3) is 0 Å². The molecule has 0 fully saturated rings. The van der Waals surface area contributed by atoms with Crippen molar-refractivity contribution in [2.45, 2.75) is 45.8 Å². The van der Waals surface area contributed by atoms with Crippen LogP contribution in [-0.4, -0.2) is 21.6 Å². The van der Waals surface area contributed by atoms with Crippen molar-refractivity contribution in [2.75, 3.05) is 5.32 Å². The first-order chi connectivity index (χ1) is 11.0. The quantitative estimate of drug-likeness (QED) is 0.930. The number of benzene rings is 1. The Balaban J connectivity index is 1.67. The summed E-state index contributed by atoms with van der Waals surface area (Å²) in [6.07, 6.45) is 4.34. The Morgan fingerprint density at radius 2 is 2.26 bits per heavy atom. The van der Waals surface area contributed by atoms with Crippen molar-refractivity contribution in [2.24, 2.45) is 0 Å². The number of hydrogen-bond donors (Lipinski definition) is 1. The minimum absolute atomic E-state index is 0.187. The molecule has 0 saturated heterocycles. The molecule has 2 aromatic rings. The number of aromatic nitrogens is 2. The first kappa shape index (κ1) is 15.9. The summed E-state index contributed by atoms with van der Waals surface area (Å²) in [5.41, 5.74) is 0.902. The van der Waals surface area contributed by atoms with Crippen LogP contribution in [0.5, 0.6) is 5.75 Å². The van der Waals surface area contributed by atoms with E-state index in [1.54, 1.807) is 25.3 Å². The third kappa shape index (κ3) is 3.50. The maximum Gasteiger partial charge on any atom is 0.266 e. The van der Waals surface area contributed by atoms with Gasteiger partial charge in [0.1, 0.15) is 17.4 Å². The van der Waals surface area contributed by atoms with E-state index in [2.05, 4.69) is 14.9 Å². The van der Waals surface area contributed by atoms with Gasteiger partial charge in [0.15, 0.2) is 6.10 Å². The third-order valence-electron chi connectivity index (χ3n) is 4.03. The van der Waals surface area contributed by atoms with Gasteiger partial charge in [-0.15, -0.1) is 0 Å². The fourth-order valence-corrected chi connectivity index (χ4v) is 2.96. The highest BCUT2D eigenvalue weighted by Crippen LogP contribution is 2.24. The summed E-state index contributed by atoms with van der Waals surface area (Å²) in [5, 5.41) is 3.56. The van der Waals surface area contributed by atoms with E-state index in [9.17, 15) is 4.79 Å². The summed E-state index contributed by atoms with van der Waals surface area (Å²) in [7, 11) is 0. The Bertz CT molecular complexity index is 727. The van der Waals surface area contributed by atoms with Gasteiger partial charge in [0.25, 0.3) is 5.91 Å². The van der Waals surface area contributed by atoms with Crippen LogP contribution in [0.2, 0.25) is 5.02 Å². The van der Waals surface area contributed by atoms with E-state index in [0.717, 1.165) is 43.0 Å². The van der Waals surface area contributed by atoms with Gasteiger partial charge in [0.05, 0.1) is 6.20 Å². The number of nitrogens with one attached hydrogen (secondary N) is 1. The van der Waals surface area contributed by atoms with Crippen molar-refractivity contribution in [3.05, 3.63) is 40.8 Å². The molecule has 3 rings (SSSR count). The molecule has 0 bridgehead atoms. The van der Waals surface area contributed by atoms with Gasteiger partial charge in [-0.1, -0.05) is 11.6 Å². The van der Waals surface area contributed by atoms with E-state index in [4.69, 9.17) is 16.3 Å². The van der Waals surface area contributed by atoms with Gasteiger partial charge in [-0.05, 0) is 50.5 Å². The lowest BCUT2D eigenvalue weighted by molar-refractivity contribution is -0.122. The third-order valence-corrected chi connectivity index (χ3v) is 4.27. The van der Waals surface area contributed by atoms with Crippen molar-refractivity contribution in [3.8, 4) is 5.75 Å². The van der Waals surface area contributed by atoms with Crippen LogP contribution in [-0.2, 0) is 17.8 Å². The van der Waals surface area contributed by atoms with Gasteiger partial charge in [-0.3, -0.25) is 4.79 Å². The topological polar surface area (TPSA) is 56.1 Å². The number of amides is 1. The monoisotopic (exact) mass is 333 g/mol. The highest BCUT2D eigenvalue weighted by atomic mass is 35.5. The van der Waals surface area contributed by atoms with Gasteiger partial charge >= 0.3 is 0 Å². The van der Waals surface area contributed by atoms with Crippen LogP contribution in [0.4, 0.5) is 5.82 Å². The van der Waals surface area contributed by atoms with Crippen LogP contribution < -0.4 is 10.1 Å². The molecule has 5 nitrogen and oxygen atoms in total. The van der Waals surface area contributed by atoms with E-state index >= 15 is 0 Å². The van der Waals surface area contributed by atoms with Crippen LogP contribution >= 0.6 is 11.6 Å². The molecule has 6 heteroatoms. The average molecular weight is 334 g/mol. The van der Waals surface area contributed by atoms with Crippen molar-refractivity contribution >= 4 is 23.3 Å². The molecule has 1 N–H and O–H groups in total. The number of aryl methyl sites for hydroxylation is 2. The summed E-state index contributed by atoms with van der Waals surface area (Å²) < 4.78 is 7.83. The molecule has 1 unspecified atom stereocenters. The summed E-state index contributed by atoms with van der Waals surface area (Å²) in [6, 6.07) is 5.35. The van der Waals surface area contributed by atoms with Crippen LogP contribution in [0.15, 0.2) is 24.4 Å². The number of imidazole rings is 1. The Hall–Kier alpha value is -2.01. The number of hydrogen-bond acceptors (Lipinski definition) is 3. The normalized spacial score (nSPS) is 14.9. The van der Waals surface area contributed by atoms with E-state index in [1.165, 1.54) is 0 Å². The molecule has 1 atom stereocenters. The number of rotatable bonds is 4. The van der Waals surface area contributed by atoms with Crippen molar-refractivity contribution < 1.29 is 9.53 Å². The largest absolute Gasteiger partial charge is 0.481 e. The van der Waals surface area contributed by atoms with Crippen LogP contribution in [0.3, 0.4) is 0 Å². The first-order valence-electron chi connectivity index (χ1n) is 7.82.